The highest BCUT2D eigenvalue weighted by atomic mass is 32.2. The predicted molar refractivity (Wildman–Crippen MR) is 64.4 cm³/mol. The molecular weight excluding hydrogens is 228 g/mol. The Morgan fingerprint density at radius 1 is 1.25 bits per heavy atom. The van der Waals surface area contributed by atoms with E-state index < -0.39 is 17.5 Å². The van der Waals surface area contributed by atoms with Gasteiger partial charge in [-0.05, 0) is 6.92 Å². The highest BCUT2D eigenvalue weighted by molar-refractivity contribution is 8.14. The van der Waals surface area contributed by atoms with Crippen molar-refractivity contribution in [2.75, 3.05) is 0 Å². The van der Waals surface area contributed by atoms with Crippen molar-refractivity contribution >= 4 is 22.8 Å². The number of carboxylic acids is 1. The fraction of sp³-hybridized carbons (Fsp3) is 0.818. The van der Waals surface area contributed by atoms with Crippen LogP contribution in [0, 0.1) is 5.92 Å². The van der Waals surface area contributed by atoms with Crippen molar-refractivity contribution in [3.8, 4) is 0 Å². The number of carboxylic acid groups (broad SMARTS) is 1. The summed E-state index contributed by atoms with van der Waals surface area (Å²) in [5.41, 5.74) is -1.85. The Morgan fingerprint density at radius 3 is 2.00 bits per heavy atom. The van der Waals surface area contributed by atoms with Crippen molar-refractivity contribution in [1.82, 2.24) is 0 Å². The Morgan fingerprint density at radius 2 is 1.69 bits per heavy atom. The third-order valence-electron chi connectivity index (χ3n) is 2.29. The number of thioether (sulfide) groups is 1. The lowest BCUT2D eigenvalue weighted by Gasteiger charge is -2.26. The first-order valence-corrected chi connectivity index (χ1v) is 5.96. The maximum absolute atomic E-state index is 11.6. The molecule has 0 aromatic heterocycles. The number of carbonyl (C=O) groups excluding carboxylic acids is 1. The van der Waals surface area contributed by atoms with E-state index in [1.807, 2.05) is 20.8 Å². The lowest BCUT2D eigenvalue weighted by atomic mass is 9.89. The van der Waals surface area contributed by atoms with Crippen LogP contribution in [0.15, 0.2) is 0 Å². The van der Waals surface area contributed by atoms with Gasteiger partial charge in [0, 0.05) is 17.1 Å². The molecule has 0 radical (unpaired) electrons. The van der Waals surface area contributed by atoms with E-state index in [1.165, 1.54) is 18.7 Å². The Hall–Kier alpha value is -0.550. The molecule has 0 heterocycles. The minimum atomic E-state index is -1.85. The highest BCUT2D eigenvalue weighted by Gasteiger charge is 2.37. The van der Waals surface area contributed by atoms with Crippen molar-refractivity contribution in [3.05, 3.63) is 0 Å². The Bertz CT molecular complexity index is 278. The SMILES string of the molecule is CC(CC(=O)SC(C)(C)C)C(C)(O)C(=O)O. The molecular formula is C11H20O4S. The van der Waals surface area contributed by atoms with Crippen LogP contribution < -0.4 is 0 Å². The number of hydrogen-bond donors (Lipinski definition) is 2. The van der Waals surface area contributed by atoms with E-state index in [9.17, 15) is 14.7 Å². The molecule has 0 aromatic carbocycles. The number of aliphatic hydroxyl groups is 1. The maximum atomic E-state index is 11.6. The quantitative estimate of drug-likeness (QED) is 0.795. The molecule has 5 heteroatoms. The van der Waals surface area contributed by atoms with Gasteiger partial charge in [-0.15, -0.1) is 0 Å². The van der Waals surface area contributed by atoms with E-state index in [2.05, 4.69) is 0 Å². The molecule has 0 bridgehead atoms. The first kappa shape index (κ1) is 15.4. The van der Waals surface area contributed by atoms with E-state index in [4.69, 9.17) is 5.11 Å². The highest BCUT2D eigenvalue weighted by Crippen LogP contribution is 2.29. The molecule has 0 amide bonds. The molecule has 0 aliphatic rings. The van der Waals surface area contributed by atoms with Gasteiger partial charge in [-0.1, -0.05) is 39.5 Å². The van der Waals surface area contributed by atoms with Crippen LogP contribution in [0.5, 0.6) is 0 Å². The molecule has 0 aliphatic carbocycles. The number of carbonyl (C=O) groups is 2. The summed E-state index contributed by atoms with van der Waals surface area (Å²) in [6.45, 7) is 8.52. The minimum absolute atomic E-state index is 0.0568. The minimum Gasteiger partial charge on any atom is -0.479 e. The summed E-state index contributed by atoms with van der Waals surface area (Å²) in [4.78, 5) is 22.4. The first-order valence-electron chi connectivity index (χ1n) is 5.14. The van der Waals surface area contributed by atoms with Gasteiger partial charge in [0.25, 0.3) is 0 Å². The zero-order valence-electron chi connectivity index (χ0n) is 10.4. The van der Waals surface area contributed by atoms with Gasteiger partial charge in [-0.3, -0.25) is 4.79 Å². The van der Waals surface area contributed by atoms with Gasteiger partial charge in [0.15, 0.2) is 10.7 Å². The van der Waals surface area contributed by atoms with E-state index in [0.717, 1.165) is 0 Å². The predicted octanol–water partition coefficient (Wildman–Crippen LogP) is 1.91. The number of aliphatic carboxylic acids is 1. The zero-order valence-corrected chi connectivity index (χ0v) is 11.2. The largest absolute Gasteiger partial charge is 0.479 e. The van der Waals surface area contributed by atoms with Crippen LogP contribution in [0.3, 0.4) is 0 Å². The Labute approximate surface area is 100 Å². The van der Waals surface area contributed by atoms with Crippen LogP contribution in [0.1, 0.15) is 41.0 Å². The van der Waals surface area contributed by atoms with Crippen LogP contribution in [-0.2, 0) is 9.59 Å². The third kappa shape index (κ3) is 4.99. The van der Waals surface area contributed by atoms with Crippen molar-refractivity contribution < 1.29 is 19.8 Å². The molecule has 16 heavy (non-hydrogen) atoms. The second-order valence-corrected chi connectivity index (χ2v) is 7.03. The summed E-state index contributed by atoms with van der Waals surface area (Å²) in [5.74, 6) is -1.90. The smallest absolute Gasteiger partial charge is 0.335 e. The van der Waals surface area contributed by atoms with Crippen molar-refractivity contribution in [1.29, 1.82) is 0 Å². The number of hydrogen-bond acceptors (Lipinski definition) is 4. The summed E-state index contributed by atoms with van der Waals surface area (Å²) in [6, 6.07) is 0. The Kier molecular flexibility index (Phi) is 5.01. The average Bonchev–Trinajstić information content (AvgIpc) is 1.99. The molecule has 0 aliphatic heterocycles. The second-order valence-electron chi connectivity index (χ2n) is 5.14. The van der Waals surface area contributed by atoms with Crippen LogP contribution >= 0.6 is 11.8 Å². The van der Waals surface area contributed by atoms with Gasteiger partial charge in [-0.2, -0.15) is 0 Å². The van der Waals surface area contributed by atoms with Gasteiger partial charge in [0.1, 0.15) is 0 Å². The maximum Gasteiger partial charge on any atom is 0.335 e. The third-order valence-corrected chi connectivity index (χ3v) is 3.29. The molecule has 2 atom stereocenters. The summed E-state index contributed by atoms with van der Waals surface area (Å²) in [5, 5.41) is 18.3. The molecule has 0 fully saturated rings. The fourth-order valence-electron chi connectivity index (χ4n) is 1.04. The Balaban J connectivity index is 4.41. The van der Waals surface area contributed by atoms with Gasteiger partial charge in [0.05, 0.1) is 0 Å². The standard InChI is InChI=1S/C11H20O4S/c1-7(11(5,15)9(13)14)6-8(12)16-10(2,3)4/h7,15H,6H2,1-5H3,(H,13,14). The van der Waals surface area contributed by atoms with Crippen LogP contribution in [0.25, 0.3) is 0 Å². The average molecular weight is 248 g/mol. The lowest BCUT2D eigenvalue weighted by Crippen LogP contribution is -2.42. The summed E-state index contributed by atoms with van der Waals surface area (Å²) >= 11 is 1.17. The molecule has 0 saturated carbocycles. The monoisotopic (exact) mass is 248 g/mol. The zero-order chi connectivity index (χ0) is 13.1. The van der Waals surface area contributed by atoms with E-state index in [0.29, 0.717) is 0 Å². The van der Waals surface area contributed by atoms with Crippen molar-refractivity contribution in [3.63, 3.8) is 0 Å². The summed E-state index contributed by atoms with van der Waals surface area (Å²) in [7, 11) is 0. The van der Waals surface area contributed by atoms with E-state index in [1.54, 1.807) is 6.92 Å². The molecule has 0 aromatic rings. The van der Waals surface area contributed by atoms with E-state index in [-0.39, 0.29) is 16.3 Å². The van der Waals surface area contributed by atoms with Gasteiger partial charge >= 0.3 is 5.97 Å². The summed E-state index contributed by atoms with van der Waals surface area (Å²) in [6.07, 6.45) is 0.0568. The van der Waals surface area contributed by atoms with Gasteiger partial charge < -0.3 is 10.2 Å². The van der Waals surface area contributed by atoms with Crippen LogP contribution in [-0.4, -0.2) is 31.6 Å². The molecule has 0 spiro atoms. The fourth-order valence-corrected chi connectivity index (χ4v) is 2.06. The topological polar surface area (TPSA) is 74.6 Å². The van der Waals surface area contributed by atoms with Crippen molar-refractivity contribution in [2.45, 2.75) is 51.4 Å². The molecule has 0 saturated heterocycles. The van der Waals surface area contributed by atoms with Gasteiger partial charge in [-0.25, -0.2) is 4.79 Å². The van der Waals surface area contributed by atoms with Crippen molar-refractivity contribution in [2.24, 2.45) is 5.92 Å². The normalized spacial score (nSPS) is 17.6. The number of rotatable bonds is 4. The molecule has 0 rings (SSSR count). The molecule has 2 unspecified atom stereocenters. The lowest BCUT2D eigenvalue weighted by molar-refractivity contribution is -0.162. The van der Waals surface area contributed by atoms with Crippen LogP contribution in [0.2, 0.25) is 0 Å². The van der Waals surface area contributed by atoms with E-state index >= 15 is 0 Å². The second kappa shape index (κ2) is 5.19. The molecule has 94 valence electrons. The van der Waals surface area contributed by atoms with Crippen LogP contribution in [0.4, 0.5) is 0 Å². The van der Waals surface area contributed by atoms with Gasteiger partial charge in [0.2, 0.25) is 0 Å². The molecule has 2 N–H and O–H groups in total. The molecule has 4 nitrogen and oxygen atoms in total. The first-order chi connectivity index (χ1) is 6.97. The summed E-state index contributed by atoms with van der Waals surface area (Å²) < 4.78 is -0.189.